The van der Waals surface area contributed by atoms with Gasteiger partial charge in [0.05, 0.1) is 10.7 Å². The van der Waals surface area contributed by atoms with E-state index in [1.165, 1.54) is 0 Å². The number of anilines is 1. The summed E-state index contributed by atoms with van der Waals surface area (Å²) < 4.78 is 0. The summed E-state index contributed by atoms with van der Waals surface area (Å²) in [6, 6.07) is 5.22. The fourth-order valence-corrected chi connectivity index (χ4v) is 0.821. The summed E-state index contributed by atoms with van der Waals surface area (Å²) in [7, 11) is 0. The highest BCUT2D eigenvalue weighted by Crippen LogP contribution is 2.18. The van der Waals surface area contributed by atoms with Crippen LogP contribution in [0.4, 0.5) is 5.69 Å². The Morgan fingerprint density at radius 2 is 2.20 bits per heavy atom. The summed E-state index contributed by atoms with van der Waals surface area (Å²) in [5.41, 5.74) is 13.9. The van der Waals surface area contributed by atoms with Crippen molar-refractivity contribution < 1.29 is 0 Å². The third kappa shape index (κ3) is 1.40. The minimum atomic E-state index is 0.251. The highest BCUT2D eigenvalue weighted by molar-refractivity contribution is 6.33. The molecule has 0 unspecified atom stereocenters. The molecule has 0 saturated carbocycles. The first kappa shape index (κ1) is 7.38. The van der Waals surface area contributed by atoms with Crippen LogP contribution in [0.2, 0.25) is 5.02 Å². The zero-order valence-corrected chi connectivity index (χ0v) is 6.15. The average Bonchev–Trinajstić information content (AvgIpc) is 1.95. The van der Waals surface area contributed by atoms with Crippen LogP contribution in [0.1, 0.15) is 5.56 Å². The predicted molar refractivity (Wildman–Crippen MR) is 42.7 cm³/mol. The second-order valence-electron chi connectivity index (χ2n) is 2.03. The number of hydrogen-bond donors (Lipinski definition) is 1. The van der Waals surface area contributed by atoms with Gasteiger partial charge in [0.1, 0.15) is 0 Å². The molecule has 1 aromatic rings. The minimum Gasteiger partial charge on any atom is -0.398 e. The first-order chi connectivity index (χ1) is 4.74. The second-order valence-corrected chi connectivity index (χ2v) is 2.44. The lowest BCUT2D eigenvalue weighted by atomic mass is 10.2. The van der Waals surface area contributed by atoms with Crippen LogP contribution in [-0.2, 0) is 6.54 Å². The largest absolute Gasteiger partial charge is 0.398 e. The maximum absolute atomic E-state index is 7.01. The quantitative estimate of drug-likeness (QED) is 0.617. The smallest absolute Gasteiger partial charge is 0.0635 e. The van der Waals surface area contributed by atoms with E-state index in [4.69, 9.17) is 23.1 Å². The molecule has 0 saturated heterocycles. The van der Waals surface area contributed by atoms with Gasteiger partial charge in [-0.05, 0) is 17.7 Å². The molecular formula is C7H8ClN2. The van der Waals surface area contributed by atoms with Crippen LogP contribution < -0.4 is 11.5 Å². The van der Waals surface area contributed by atoms with Crippen LogP contribution in [0, 0.1) is 0 Å². The van der Waals surface area contributed by atoms with Gasteiger partial charge in [-0.25, -0.2) is 0 Å². The van der Waals surface area contributed by atoms with Crippen LogP contribution in [0.25, 0.3) is 0 Å². The predicted octanol–water partition coefficient (Wildman–Crippen LogP) is 1.71. The highest BCUT2D eigenvalue weighted by Gasteiger charge is 1.95. The van der Waals surface area contributed by atoms with Crippen LogP contribution in [0.5, 0.6) is 0 Å². The molecule has 1 rings (SSSR count). The van der Waals surface area contributed by atoms with Crippen molar-refractivity contribution in [2.75, 3.05) is 5.73 Å². The molecular weight excluding hydrogens is 148 g/mol. The van der Waals surface area contributed by atoms with Gasteiger partial charge in [-0.3, -0.25) is 5.73 Å². The molecule has 0 spiro atoms. The molecule has 0 amide bonds. The first-order valence-electron chi connectivity index (χ1n) is 2.92. The number of nitrogens with two attached hydrogens (primary N) is 1. The fourth-order valence-electron chi connectivity index (χ4n) is 0.703. The van der Waals surface area contributed by atoms with Crippen molar-refractivity contribution in [1.82, 2.24) is 5.73 Å². The van der Waals surface area contributed by atoms with Gasteiger partial charge in [0, 0.05) is 6.54 Å². The van der Waals surface area contributed by atoms with Crippen LogP contribution in [0.3, 0.4) is 0 Å². The van der Waals surface area contributed by atoms with Crippen molar-refractivity contribution in [3.8, 4) is 0 Å². The molecule has 0 aliphatic carbocycles. The molecule has 0 bridgehead atoms. The third-order valence-electron chi connectivity index (χ3n) is 1.26. The summed E-state index contributed by atoms with van der Waals surface area (Å²) in [5.74, 6) is 0. The van der Waals surface area contributed by atoms with Gasteiger partial charge in [0.2, 0.25) is 0 Å². The van der Waals surface area contributed by atoms with Crippen molar-refractivity contribution in [2.45, 2.75) is 6.54 Å². The zero-order chi connectivity index (χ0) is 7.56. The lowest BCUT2D eigenvalue weighted by Crippen LogP contribution is -1.90. The molecule has 0 aliphatic heterocycles. The van der Waals surface area contributed by atoms with E-state index < -0.39 is 0 Å². The van der Waals surface area contributed by atoms with E-state index in [1.807, 2.05) is 0 Å². The molecule has 1 aromatic carbocycles. The minimum absolute atomic E-state index is 0.251. The Hall–Kier alpha value is -0.730. The van der Waals surface area contributed by atoms with Gasteiger partial charge in [-0.15, -0.1) is 0 Å². The number of nitrogen functional groups attached to an aromatic ring is 1. The van der Waals surface area contributed by atoms with Crippen molar-refractivity contribution >= 4 is 17.3 Å². The summed E-state index contributed by atoms with van der Waals surface area (Å²) in [5, 5.41) is 0.553. The maximum atomic E-state index is 7.01. The van der Waals surface area contributed by atoms with Crippen LogP contribution >= 0.6 is 11.6 Å². The Balaban J connectivity index is 3.04. The van der Waals surface area contributed by atoms with E-state index in [0.717, 1.165) is 5.56 Å². The van der Waals surface area contributed by atoms with Gasteiger partial charge >= 0.3 is 0 Å². The number of nitrogens with one attached hydrogen (secondary N) is 1. The van der Waals surface area contributed by atoms with Crippen molar-refractivity contribution in [3.63, 3.8) is 0 Å². The van der Waals surface area contributed by atoms with E-state index in [0.29, 0.717) is 10.7 Å². The number of hydrogen-bond acceptors (Lipinski definition) is 1. The Labute approximate surface area is 64.8 Å². The Morgan fingerprint density at radius 3 is 2.70 bits per heavy atom. The number of halogens is 1. The zero-order valence-electron chi connectivity index (χ0n) is 5.39. The molecule has 3 heteroatoms. The SMILES string of the molecule is [NH]Cc1ccc(Cl)c(N)c1. The molecule has 3 N–H and O–H groups in total. The summed E-state index contributed by atoms with van der Waals surface area (Å²) in [4.78, 5) is 0. The van der Waals surface area contributed by atoms with Gasteiger partial charge < -0.3 is 5.73 Å². The molecule has 0 heterocycles. The van der Waals surface area contributed by atoms with Crippen molar-refractivity contribution in [2.24, 2.45) is 0 Å². The Bertz CT molecular complexity index is 235. The van der Waals surface area contributed by atoms with Crippen molar-refractivity contribution in [3.05, 3.63) is 28.8 Å². The second kappa shape index (κ2) is 2.90. The highest BCUT2D eigenvalue weighted by atomic mass is 35.5. The van der Waals surface area contributed by atoms with Gasteiger partial charge in [0.25, 0.3) is 0 Å². The number of rotatable bonds is 1. The molecule has 1 radical (unpaired) electrons. The van der Waals surface area contributed by atoms with E-state index in [1.54, 1.807) is 18.2 Å². The molecule has 0 fully saturated rings. The maximum Gasteiger partial charge on any atom is 0.0635 e. The van der Waals surface area contributed by atoms with E-state index in [2.05, 4.69) is 0 Å². The topological polar surface area (TPSA) is 49.8 Å². The van der Waals surface area contributed by atoms with Gasteiger partial charge in [-0.1, -0.05) is 17.7 Å². The molecule has 10 heavy (non-hydrogen) atoms. The summed E-state index contributed by atoms with van der Waals surface area (Å²) >= 11 is 5.65. The van der Waals surface area contributed by atoms with E-state index in [-0.39, 0.29) is 6.54 Å². The summed E-state index contributed by atoms with van der Waals surface area (Å²) in [6.45, 7) is 0.251. The normalized spacial score (nSPS) is 9.80. The lowest BCUT2D eigenvalue weighted by Gasteiger charge is -1.99. The fraction of sp³-hybridized carbons (Fsp3) is 0.143. The lowest BCUT2D eigenvalue weighted by molar-refractivity contribution is 1.03. The number of benzene rings is 1. The van der Waals surface area contributed by atoms with Gasteiger partial charge in [-0.2, -0.15) is 0 Å². The first-order valence-corrected chi connectivity index (χ1v) is 3.30. The monoisotopic (exact) mass is 155 g/mol. The average molecular weight is 156 g/mol. The molecule has 0 aromatic heterocycles. The Morgan fingerprint density at radius 1 is 1.50 bits per heavy atom. The Kier molecular flexibility index (Phi) is 2.14. The van der Waals surface area contributed by atoms with Gasteiger partial charge in [0.15, 0.2) is 0 Å². The van der Waals surface area contributed by atoms with Crippen molar-refractivity contribution in [1.29, 1.82) is 0 Å². The van der Waals surface area contributed by atoms with E-state index >= 15 is 0 Å². The summed E-state index contributed by atoms with van der Waals surface area (Å²) in [6.07, 6.45) is 0. The molecule has 53 valence electrons. The van der Waals surface area contributed by atoms with Crippen LogP contribution in [0.15, 0.2) is 18.2 Å². The molecule has 2 nitrogen and oxygen atoms in total. The van der Waals surface area contributed by atoms with Crippen LogP contribution in [-0.4, -0.2) is 0 Å². The molecule has 0 aliphatic rings. The molecule has 0 atom stereocenters. The van der Waals surface area contributed by atoms with E-state index in [9.17, 15) is 0 Å². The third-order valence-corrected chi connectivity index (χ3v) is 1.61. The standard InChI is InChI=1S/C7H8ClN2/c8-6-2-1-5(4-9)3-7(6)10/h1-3,9H,4,10H2.